The molecular weight excluding hydrogens is 296 g/mol. The Labute approximate surface area is 131 Å². The fourth-order valence-corrected chi connectivity index (χ4v) is 2.14. The zero-order valence-corrected chi connectivity index (χ0v) is 12.6. The lowest BCUT2D eigenvalue weighted by Gasteiger charge is -2.04. The second-order valence-corrected chi connectivity index (χ2v) is 4.90. The Morgan fingerprint density at radius 1 is 1.22 bits per heavy atom. The number of methoxy groups -OCH3 is 1. The SMILES string of the molecule is COc1ccc(/C=N/NC(=O)c2ccc3nonc3c2)cc1C. The van der Waals surface area contributed by atoms with Crippen molar-refractivity contribution in [1.29, 1.82) is 0 Å². The molecule has 0 aliphatic carbocycles. The van der Waals surface area contributed by atoms with E-state index in [1.807, 2.05) is 25.1 Å². The van der Waals surface area contributed by atoms with Gasteiger partial charge in [0.25, 0.3) is 5.91 Å². The van der Waals surface area contributed by atoms with Crippen LogP contribution in [0, 0.1) is 6.92 Å². The summed E-state index contributed by atoms with van der Waals surface area (Å²) >= 11 is 0. The topological polar surface area (TPSA) is 89.6 Å². The van der Waals surface area contributed by atoms with Gasteiger partial charge in [-0.2, -0.15) is 5.10 Å². The Kier molecular flexibility index (Phi) is 4.01. The van der Waals surface area contributed by atoms with E-state index in [4.69, 9.17) is 4.74 Å². The van der Waals surface area contributed by atoms with Crippen LogP contribution in [0.4, 0.5) is 0 Å². The number of aromatic nitrogens is 2. The minimum atomic E-state index is -0.337. The number of carbonyl (C=O) groups is 1. The van der Waals surface area contributed by atoms with Crippen molar-refractivity contribution in [1.82, 2.24) is 15.7 Å². The molecule has 1 amide bonds. The van der Waals surface area contributed by atoms with Crippen LogP contribution in [0.2, 0.25) is 0 Å². The number of carbonyl (C=O) groups excluding carboxylic acids is 1. The molecular formula is C16H14N4O3. The maximum absolute atomic E-state index is 12.0. The van der Waals surface area contributed by atoms with E-state index in [-0.39, 0.29) is 5.91 Å². The summed E-state index contributed by atoms with van der Waals surface area (Å²) in [5.74, 6) is 0.470. The van der Waals surface area contributed by atoms with Crippen LogP contribution in [0.5, 0.6) is 5.75 Å². The van der Waals surface area contributed by atoms with E-state index in [0.29, 0.717) is 16.6 Å². The minimum Gasteiger partial charge on any atom is -0.496 e. The van der Waals surface area contributed by atoms with Crippen molar-refractivity contribution in [3.63, 3.8) is 0 Å². The molecule has 0 aliphatic heterocycles. The first-order valence-electron chi connectivity index (χ1n) is 6.88. The van der Waals surface area contributed by atoms with Gasteiger partial charge in [0.05, 0.1) is 13.3 Å². The molecule has 2 aromatic carbocycles. The second-order valence-electron chi connectivity index (χ2n) is 4.90. The molecule has 0 fully saturated rings. The molecule has 0 atom stereocenters. The monoisotopic (exact) mass is 310 g/mol. The number of hydrogen-bond acceptors (Lipinski definition) is 6. The number of nitrogens with zero attached hydrogens (tertiary/aromatic N) is 3. The fraction of sp³-hybridized carbons (Fsp3) is 0.125. The first kappa shape index (κ1) is 14.7. The van der Waals surface area contributed by atoms with E-state index < -0.39 is 0 Å². The number of fused-ring (bicyclic) bond motifs is 1. The Morgan fingerprint density at radius 3 is 2.83 bits per heavy atom. The summed E-state index contributed by atoms with van der Waals surface area (Å²) in [5, 5.41) is 11.3. The van der Waals surface area contributed by atoms with Crippen LogP contribution in [-0.2, 0) is 0 Å². The number of nitrogens with one attached hydrogen (secondary N) is 1. The van der Waals surface area contributed by atoms with Crippen molar-refractivity contribution < 1.29 is 14.2 Å². The number of benzene rings is 2. The van der Waals surface area contributed by atoms with E-state index in [9.17, 15) is 4.79 Å². The predicted molar refractivity (Wildman–Crippen MR) is 84.6 cm³/mol. The third-order valence-electron chi connectivity index (χ3n) is 3.31. The first-order valence-corrected chi connectivity index (χ1v) is 6.88. The molecule has 0 aliphatic rings. The fourth-order valence-electron chi connectivity index (χ4n) is 2.14. The van der Waals surface area contributed by atoms with Gasteiger partial charge in [-0.25, -0.2) is 10.1 Å². The molecule has 0 saturated carbocycles. The molecule has 0 bridgehead atoms. The van der Waals surface area contributed by atoms with Crippen LogP contribution in [0.3, 0.4) is 0 Å². The van der Waals surface area contributed by atoms with Crippen LogP contribution in [-0.4, -0.2) is 29.5 Å². The maximum Gasteiger partial charge on any atom is 0.271 e. The van der Waals surface area contributed by atoms with Crippen LogP contribution in [0.25, 0.3) is 11.0 Å². The summed E-state index contributed by atoms with van der Waals surface area (Å²) in [4.78, 5) is 12.0. The third-order valence-corrected chi connectivity index (χ3v) is 3.31. The molecule has 7 nitrogen and oxygen atoms in total. The lowest BCUT2D eigenvalue weighted by molar-refractivity contribution is 0.0955. The average molecular weight is 310 g/mol. The molecule has 1 N–H and O–H groups in total. The molecule has 1 aromatic heterocycles. The van der Waals surface area contributed by atoms with Gasteiger partial charge in [-0.15, -0.1) is 0 Å². The molecule has 0 radical (unpaired) electrons. The van der Waals surface area contributed by atoms with Gasteiger partial charge in [-0.3, -0.25) is 4.79 Å². The summed E-state index contributed by atoms with van der Waals surface area (Å²) < 4.78 is 9.79. The maximum atomic E-state index is 12.0. The molecule has 0 unspecified atom stereocenters. The molecule has 23 heavy (non-hydrogen) atoms. The molecule has 0 spiro atoms. The lowest BCUT2D eigenvalue weighted by atomic mass is 10.1. The summed E-state index contributed by atoms with van der Waals surface area (Å²) in [5.41, 5.74) is 5.87. The Hall–Kier alpha value is -3.22. The van der Waals surface area contributed by atoms with Gasteiger partial charge >= 0.3 is 0 Å². The molecule has 1 heterocycles. The normalized spacial score (nSPS) is 11.0. The van der Waals surface area contributed by atoms with Crippen molar-refractivity contribution in [2.75, 3.05) is 7.11 Å². The first-order chi connectivity index (χ1) is 11.2. The zero-order valence-electron chi connectivity index (χ0n) is 12.6. The summed E-state index contributed by atoms with van der Waals surface area (Å²) in [7, 11) is 1.62. The van der Waals surface area contributed by atoms with Gasteiger partial charge in [0.2, 0.25) is 0 Å². The van der Waals surface area contributed by atoms with Gasteiger partial charge < -0.3 is 4.74 Å². The van der Waals surface area contributed by atoms with Crippen LogP contribution < -0.4 is 10.2 Å². The van der Waals surface area contributed by atoms with E-state index in [1.165, 1.54) is 0 Å². The number of amides is 1. The Morgan fingerprint density at radius 2 is 2.04 bits per heavy atom. The highest BCUT2D eigenvalue weighted by atomic mass is 16.6. The molecule has 7 heteroatoms. The quantitative estimate of drug-likeness (QED) is 0.590. The summed E-state index contributed by atoms with van der Waals surface area (Å²) in [6.45, 7) is 1.94. The number of aryl methyl sites for hydroxylation is 1. The van der Waals surface area contributed by atoms with E-state index >= 15 is 0 Å². The number of rotatable bonds is 4. The van der Waals surface area contributed by atoms with Crippen molar-refractivity contribution in [2.45, 2.75) is 6.92 Å². The standard InChI is InChI=1S/C16H14N4O3/c1-10-7-11(3-6-15(10)22-2)9-17-18-16(21)12-4-5-13-14(8-12)20-23-19-13/h3-9H,1-2H3,(H,18,21)/b17-9+. The highest BCUT2D eigenvalue weighted by molar-refractivity contribution is 5.97. The van der Waals surface area contributed by atoms with E-state index in [0.717, 1.165) is 16.9 Å². The minimum absolute atomic E-state index is 0.337. The van der Waals surface area contributed by atoms with Crippen molar-refractivity contribution in [2.24, 2.45) is 5.10 Å². The molecule has 116 valence electrons. The van der Waals surface area contributed by atoms with E-state index in [1.54, 1.807) is 31.5 Å². The summed E-state index contributed by atoms with van der Waals surface area (Å²) in [6.07, 6.45) is 1.57. The van der Waals surface area contributed by atoms with Gasteiger partial charge in [0.1, 0.15) is 16.8 Å². The van der Waals surface area contributed by atoms with Gasteiger partial charge in [0, 0.05) is 5.56 Å². The van der Waals surface area contributed by atoms with Gasteiger partial charge in [0.15, 0.2) is 0 Å². The predicted octanol–water partition coefficient (Wildman–Crippen LogP) is 2.30. The van der Waals surface area contributed by atoms with Crippen molar-refractivity contribution >= 4 is 23.2 Å². The van der Waals surface area contributed by atoms with Gasteiger partial charge in [-0.05, 0) is 64.8 Å². The zero-order chi connectivity index (χ0) is 16.2. The molecule has 3 rings (SSSR count). The molecule has 3 aromatic rings. The summed E-state index contributed by atoms with van der Waals surface area (Å²) in [6, 6.07) is 10.5. The van der Waals surface area contributed by atoms with Crippen molar-refractivity contribution in [3.05, 3.63) is 53.1 Å². The van der Waals surface area contributed by atoms with Gasteiger partial charge in [-0.1, -0.05) is 0 Å². The number of ether oxygens (including phenoxy) is 1. The number of hydrogen-bond donors (Lipinski definition) is 1. The van der Waals surface area contributed by atoms with Crippen LogP contribution in [0.1, 0.15) is 21.5 Å². The largest absolute Gasteiger partial charge is 0.496 e. The lowest BCUT2D eigenvalue weighted by Crippen LogP contribution is -2.17. The highest BCUT2D eigenvalue weighted by Gasteiger charge is 2.08. The Bertz CT molecular complexity index is 886. The third kappa shape index (κ3) is 3.18. The van der Waals surface area contributed by atoms with Crippen LogP contribution >= 0.6 is 0 Å². The van der Waals surface area contributed by atoms with E-state index in [2.05, 4.69) is 25.5 Å². The van der Waals surface area contributed by atoms with Crippen molar-refractivity contribution in [3.8, 4) is 5.75 Å². The van der Waals surface area contributed by atoms with Crippen LogP contribution in [0.15, 0.2) is 46.1 Å². The number of hydrazone groups is 1. The average Bonchev–Trinajstić information content (AvgIpc) is 3.02. The molecule has 0 saturated heterocycles. The highest BCUT2D eigenvalue weighted by Crippen LogP contribution is 2.17. The smallest absolute Gasteiger partial charge is 0.271 e. The Balaban J connectivity index is 1.69. The second kappa shape index (κ2) is 6.27.